The normalized spacial score (nSPS) is 18.7. The van der Waals surface area contributed by atoms with Gasteiger partial charge in [0.1, 0.15) is 5.15 Å². The molecule has 0 saturated carbocycles. The molecule has 0 radical (unpaired) electrons. The Morgan fingerprint density at radius 3 is 3.14 bits per heavy atom. The van der Waals surface area contributed by atoms with Crippen molar-refractivity contribution in [3.63, 3.8) is 0 Å². The molecular weight excluding hydrogens is 314 g/mol. The molecule has 2 aromatic heterocycles. The van der Waals surface area contributed by atoms with Gasteiger partial charge in [-0.25, -0.2) is 0 Å². The molecule has 1 aliphatic heterocycles. The molecule has 0 spiro atoms. The van der Waals surface area contributed by atoms with Crippen molar-refractivity contribution in [2.24, 2.45) is 5.92 Å². The van der Waals surface area contributed by atoms with Gasteiger partial charge in [-0.2, -0.15) is 15.1 Å². The van der Waals surface area contributed by atoms with E-state index in [0.29, 0.717) is 29.8 Å². The number of nitrogens with zero attached hydrogens (tertiary/aromatic N) is 4. The summed E-state index contributed by atoms with van der Waals surface area (Å²) in [4.78, 5) is 33.1. The van der Waals surface area contributed by atoms with Crippen molar-refractivity contribution in [3.05, 3.63) is 11.3 Å². The number of thioether (sulfide) groups is 1. The molecule has 3 heterocycles. The number of anilines is 1. The molecule has 0 bridgehead atoms. The van der Waals surface area contributed by atoms with E-state index in [1.165, 1.54) is 23.6 Å². The van der Waals surface area contributed by atoms with Crippen LogP contribution < -0.4 is 4.90 Å². The van der Waals surface area contributed by atoms with Gasteiger partial charge in [-0.1, -0.05) is 23.4 Å². The fourth-order valence-electron chi connectivity index (χ4n) is 2.23. The van der Waals surface area contributed by atoms with Crippen LogP contribution in [0.15, 0.2) is 6.20 Å². The second kappa shape index (κ2) is 5.61. The van der Waals surface area contributed by atoms with Gasteiger partial charge in [0.2, 0.25) is 11.9 Å². The Labute approximate surface area is 129 Å². The summed E-state index contributed by atoms with van der Waals surface area (Å²) in [5.74, 6) is 0.958. The highest BCUT2D eigenvalue weighted by Gasteiger charge is 2.32. The maximum absolute atomic E-state index is 12.1. The van der Waals surface area contributed by atoms with E-state index in [9.17, 15) is 9.59 Å². The Balaban J connectivity index is 1.82. The number of H-pyrrole nitrogens is 1. The number of carbonyl (C=O) groups is 2. The van der Waals surface area contributed by atoms with Gasteiger partial charge in [-0.15, -0.1) is 0 Å². The zero-order chi connectivity index (χ0) is 15.0. The lowest BCUT2D eigenvalue weighted by atomic mass is 10.1. The van der Waals surface area contributed by atoms with Gasteiger partial charge in [0, 0.05) is 25.6 Å². The highest BCUT2D eigenvalue weighted by Crippen LogP contribution is 2.28. The Bertz CT molecular complexity index is 719. The molecule has 0 aliphatic carbocycles. The van der Waals surface area contributed by atoms with Crippen molar-refractivity contribution in [2.45, 2.75) is 13.3 Å². The number of nitrogens with one attached hydrogen (secondary N) is 1. The lowest BCUT2D eigenvalue weighted by Gasteiger charge is -2.14. The van der Waals surface area contributed by atoms with Crippen LogP contribution in [0.2, 0.25) is 5.15 Å². The van der Waals surface area contributed by atoms with Gasteiger partial charge in [0.15, 0.2) is 10.8 Å². The summed E-state index contributed by atoms with van der Waals surface area (Å²) >= 11 is 7.30. The molecule has 1 aliphatic rings. The van der Waals surface area contributed by atoms with Gasteiger partial charge >= 0.3 is 0 Å². The average Bonchev–Trinajstić information content (AvgIpc) is 3.02. The van der Waals surface area contributed by atoms with Crippen LogP contribution in [-0.4, -0.2) is 43.5 Å². The molecule has 1 atom stereocenters. The monoisotopic (exact) mass is 325 g/mol. The summed E-state index contributed by atoms with van der Waals surface area (Å²) in [6, 6.07) is 0. The van der Waals surface area contributed by atoms with Crippen molar-refractivity contribution in [1.29, 1.82) is 0 Å². The quantitative estimate of drug-likeness (QED) is 0.862. The SMILES string of the molecule is CC(=O)SCC1CC(=O)N(c2nc(Cl)c3cn[nH]c3n2)C1. The van der Waals surface area contributed by atoms with E-state index in [1.807, 2.05) is 0 Å². The molecule has 1 fully saturated rings. The Morgan fingerprint density at radius 2 is 2.38 bits per heavy atom. The van der Waals surface area contributed by atoms with E-state index in [2.05, 4.69) is 20.2 Å². The smallest absolute Gasteiger partial charge is 0.235 e. The molecule has 1 saturated heterocycles. The molecule has 1 amide bonds. The standard InChI is InChI=1S/C12H12ClN5O2S/c1-6(19)21-5-7-2-9(20)18(4-7)12-15-10(13)8-3-14-17-11(8)16-12/h3,7H,2,4-5H2,1H3,(H,14,15,16,17). The first kappa shape index (κ1) is 14.3. The van der Waals surface area contributed by atoms with Crippen molar-refractivity contribution in [3.8, 4) is 0 Å². The average molecular weight is 326 g/mol. The van der Waals surface area contributed by atoms with E-state index in [0.717, 1.165) is 0 Å². The fraction of sp³-hybridized carbons (Fsp3) is 0.417. The van der Waals surface area contributed by atoms with Gasteiger partial charge in [-0.3, -0.25) is 19.6 Å². The number of aromatic nitrogens is 4. The number of hydrogen-bond acceptors (Lipinski definition) is 6. The van der Waals surface area contributed by atoms with Crippen LogP contribution in [0.5, 0.6) is 0 Å². The van der Waals surface area contributed by atoms with Crippen LogP contribution in [0.25, 0.3) is 11.0 Å². The Kier molecular flexibility index (Phi) is 3.81. The lowest BCUT2D eigenvalue weighted by Crippen LogP contribution is -2.27. The molecule has 1 N–H and O–H groups in total. The minimum absolute atomic E-state index is 0.0547. The number of carbonyl (C=O) groups excluding carboxylic acids is 2. The maximum Gasteiger partial charge on any atom is 0.235 e. The van der Waals surface area contributed by atoms with Crippen molar-refractivity contribution in [1.82, 2.24) is 20.2 Å². The summed E-state index contributed by atoms with van der Waals surface area (Å²) < 4.78 is 0. The third kappa shape index (κ3) is 2.86. The van der Waals surface area contributed by atoms with Gasteiger partial charge < -0.3 is 0 Å². The van der Waals surface area contributed by atoms with Gasteiger partial charge in [0.25, 0.3) is 0 Å². The zero-order valence-electron chi connectivity index (χ0n) is 11.2. The summed E-state index contributed by atoms with van der Waals surface area (Å²) in [7, 11) is 0. The van der Waals surface area contributed by atoms with Crippen LogP contribution in [-0.2, 0) is 9.59 Å². The second-order valence-corrected chi connectivity index (χ2v) is 6.38. The molecule has 2 aromatic rings. The highest BCUT2D eigenvalue weighted by atomic mass is 35.5. The van der Waals surface area contributed by atoms with Crippen molar-refractivity contribution >= 4 is 51.4 Å². The number of hydrogen-bond donors (Lipinski definition) is 1. The minimum Gasteiger partial charge on any atom is -0.288 e. The molecule has 1 unspecified atom stereocenters. The van der Waals surface area contributed by atoms with Crippen molar-refractivity contribution < 1.29 is 9.59 Å². The predicted molar refractivity (Wildman–Crippen MR) is 80.3 cm³/mol. The second-order valence-electron chi connectivity index (χ2n) is 4.82. The summed E-state index contributed by atoms with van der Waals surface area (Å²) in [6.45, 7) is 2.02. The van der Waals surface area contributed by atoms with Crippen LogP contribution in [0.4, 0.5) is 5.95 Å². The largest absolute Gasteiger partial charge is 0.288 e. The third-order valence-electron chi connectivity index (χ3n) is 3.22. The van der Waals surface area contributed by atoms with Gasteiger partial charge in [-0.05, 0) is 5.92 Å². The zero-order valence-corrected chi connectivity index (χ0v) is 12.7. The number of aromatic amines is 1. The van der Waals surface area contributed by atoms with Crippen LogP contribution in [0.3, 0.4) is 0 Å². The maximum atomic E-state index is 12.1. The molecule has 9 heteroatoms. The van der Waals surface area contributed by atoms with E-state index in [-0.39, 0.29) is 28.0 Å². The van der Waals surface area contributed by atoms with Crippen LogP contribution >= 0.6 is 23.4 Å². The molecule has 7 nitrogen and oxygen atoms in total. The number of halogens is 1. The third-order valence-corrected chi connectivity index (χ3v) is 4.55. The Hall–Kier alpha value is -1.67. The first-order chi connectivity index (χ1) is 10.0. The number of rotatable bonds is 3. The van der Waals surface area contributed by atoms with Crippen LogP contribution in [0, 0.1) is 5.92 Å². The topological polar surface area (TPSA) is 91.8 Å². The van der Waals surface area contributed by atoms with Crippen LogP contribution in [0.1, 0.15) is 13.3 Å². The summed E-state index contributed by atoms with van der Waals surface area (Å²) in [5.41, 5.74) is 0.499. The molecular formula is C12H12ClN5O2S. The van der Waals surface area contributed by atoms with E-state index in [1.54, 1.807) is 6.20 Å². The predicted octanol–water partition coefficient (Wildman–Crippen LogP) is 1.64. The minimum atomic E-state index is -0.0564. The fourth-order valence-corrected chi connectivity index (χ4v) is 3.14. The van der Waals surface area contributed by atoms with Crippen molar-refractivity contribution in [2.75, 3.05) is 17.2 Å². The lowest BCUT2D eigenvalue weighted by molar-refractivity contribution is -0.117. The van der Waals surface area contributed by atoms with E-state index in [4.69, 9.17) is 11.6 Å². The molecule has 0 aromatic carbocycles. The number of fused-ring (bicyclic) bond motifs is 1. The Morgan fingerprint density at radius 1 is 1.57 bits per heavy atom. The highest BCUT2D eigenvalue weighted by molar-refractivity contribution is 8.13. The van der Waals surface area contributed by atoms with E-state index >= 15 is 0 Å². The first-order valence-corrected chi connectivity index (χ1v) is 7.71. The molecule has 21 heavy (non-hydrogen) atoms. The summed E-state index contributed by atoms with van der Waals surface area (Å²) in [6.07, 6.45) is 1.93. The molecule has 3 rings (SSSR count). The number of amides is 1. The molecule has 110 valence electrons. The summed E-state index contributed by atoms with van der Waals surface area (Å²) in [5, 5.41) is 7.51. The van der Waals surface area contributed by atoms with E-state index < -0.39 is 0 Å². The first-order valence-electron chi connectivity index (χ1n) is 6.35. The van der Waals surface area contributed by atoms with Gasteiger partial charge in [0.05, 0.1) is 11.6 Å².